The van der Waals surface area contributed by atoms with Gasteiger partial charge in [-0.15, -0.1) is 0 Å². The van der Waals surface area contributed by atoms with Crippen LogP contribution in [0.4, 0.5) is 0 Å². The third-order valence-electron chi connectivity index (χ3n) is 4.53. The maximum absolute atomic E-state index is 13.0. The molecule has 156 valence electrons. The van der Waals surface area contributed by atoms with Gasteiger partial charge >= 0.3 is 0 Å². The second-order valence-electron chi connectivity index (χ2n) is 7.55. The van der Waals surface area contributed by atoms with Crippen LogP contribution in [0.2, 0.25) is 5.02 Å². The van der Waals surface area contributed by atoms with Crippen LogP contribution in [0, 0.1) is 13.8 Å². The van der Waals surface area contributed by atoms with Crippen LogP contribution in [-0.4, -0.2) is 35.4 Å². The number of ether oxygens (including phenoxy) is 1. The molecular formula is C23H29ClN2O3. The van der Waals surface area contributed by atoms with Crippen LogP contribution in [0.25, 0.3) is 0 Å². The number of hydrogen-bond acceptors (Lipinski definition) is 3. The molecule has 29 heavy (non-hydrogen) atoms. The van der Waals surface area contributed by atoms with Crippen molar-refractivity contribution in [1.82, 2.24) is 10.2 Å². The molecule has 0 aliphatic heterocycles. The highest BCUT2D eigenvalue weighted by molar-refractivity contribution is 6.30. The summed E-state index contributed by atoms with van der Waals surface area (Å²) in [6.45, 7) is 9.51. The van der Waals surface area contributed by atoms with Gasteiger partial charge in [0.15, 0.2) is 6.61 Å². The van der Waals surface area contributed by atoms with Gasteiger partial charge in [-0.1, -0.05) is 35.9 Å². The first-order valence-corrected chi connectivity index (χ1v) is 10.1. The minimum atomic E-state index is -0.647. The summed E-state index contributed by atoms with van der Waals surface area (Å²) in [6, 6.07) is 12.5. The van der Waals surface area contributed by atoms with Gasteiger partial charge in [-0.05, 0) is 69.5 Å². The number of aryl methyl sites for hydroxylation is 2. The molecule has 1 N–H and O–H groups in total. The fourth-order valence-electron chi connectivity index (χ4n) is 2.90. The second kappa shape index (κ2) is 10.3. The summed E-state index contributed by atoms with van der Waals surface area (Å²) in [5.74, 6) is 0.194. The number of nitrogens with one attached hydrogen (secondary N) is 1. The third-order valence-corrected chi connectivity index (χ3v) is 4.77. The summed E-state index contributed by atoms with van der Waals surface area (Å²) in [6.07, 6.45) is 0. The summed E-state index contributed by atoms with van der Waals surface area (Å²) in [5.41, 5.74) is 2.86. The molecule has 0 spiro atoms. The van der Waals surface area contributed by atoms with Gasteiger partial charge in [-0.2, -0.15) is 0 Å². The molecule has 0 bridgehead atoms. The Morgan fingerprint density at radius 3 is 2.48 bits per heavy atom. The Hall–Kier alpha value is -2.53. The number of benzene rings is 2. The van der Waals surface area contributed by atoms with E-state index in [-0.39, 0.29) is 31.0 Å². The Balaban J connectivity index is 2.19. The van der Waals surface area contributed by atoms with E-state index in [0.29, 0.717) is 10.8 Å². The molecule has 0 heterocycles. The van der Waals surface area contributed by atoms with E-state index in [0.717, 1.165) is 16.7 Å². The van der Waals surface area contributed by atoms with Gasteiger partial charge in [0.05, 0.1) is 0 Å². The Labute approximate surface area is 178 Å². The standard InChI is InChI=1S/C23H29ClN2O3/c1-15(2)25-23(28)18(5)26(13-19-7-6-8-20(24)12-19)22(27)14-29-21-11-16(3)9-10-17(21)4/h6-12,15,18H,13-14H2,1-5H3,(H,25,28). The topological polar surface area (TPSA) is 58.6 Å². The Kier molecular flexibility index (Phi) is 8.09. The van der Waals surface area contributed by atoms with Crippen molar-refractivity contribution in [2.75, 3.05) is 6.61 Å². The lowest BCUT2D eigenvalue weighted by Gasteiger charge is -2.29. The molecule has 0 saturated carbocycles. The second-order valence-corrected chi connectivity index (χ2v) is 7.98. The number of halogens is 1. The van der Waals surface area contributed by atoms with Gasteiger partial charge in [0.2, 0.25) is 5.91 Å². The molecule has 2 aromatic rings. The fourth-order valence-corrected chi connectivity index (χ4v) is 3.12. The molecular weight excluding hydrogens is 388 g/mol. The van der Waals surface area contributed by atoms with Gasteiger partial charge in [0, 0.05) is 17.6 Å². The molecule has 6 heteroatoms. The van der Waals surface area contributed by atoms with E-state index in [2.05, 4.69) is 5.32 Å². The number of carbonyl (C=O) groups is 2. The largest absolute Gasteiger partial charge is 0.483 e. The number of carbonyl (C=O) groups excluding carboxylic acids is 2. The molecule has 2 aromatic carbocycles. The van der Waals surface area contributed by atoms with Crippen LogP contribution in [0.1, 0.15) is 37.5 Å². The summed E-state index contributed by atoms with van der Waals surface area (Å²) in [7, 11) is 0. The van der Waals surface area contributed by atoms with Crippen molar-refractivity contribution in [3.63, 3.8) is 0 Å². The smallest absolute Gasteiger partial charge is 0.261 e. The van der Waals surface area contributed by atoms with Crippen molar-refractivity contribution in [3.05, 3.63) is 64.2 Å². The molecule has 0 radical (unpaired) electrons. The molecule has 5 nitrogen and oxygen atoms in total. The van der Waals surface area contributed by atoms with Crippen LogP contribution < -0.4 is 10.1 Å². The van der Waals surface area contributed by atoms with Gasteiger partial charge in [0.1, 0.15) is 11.8 Å². The number of amides is 2. The van der Waals surface area contributed by atoms with Crippen molar-refractivity contribution in [3.8, 4) is 5.75 Å². The molecule has 0 aliphatic rings. The number of hydrogen-bond donors (Lipinski definition) is 1. The predicted octanol–water partition coefficient (Wildman–Crippen LogP) is 4.28. The first-order valence-electron chi connectivity index (χ1n) is 9.71. The third kappa shape index (κ3) is 6.79. The normalized spacial score (nSPS) is 11.8. The molecule has 2 rings (SSSR count). The van der Waals surface area contributed by atoms with Crippen LogP contribution >= 0.6 is 11.6 Å². The van der Waals surface area contributed by atoms with Crippen molar-refractivity contribution in [1.29, 1.82) is 0 Å². The van der Waals surface area contributed by atoms with Crippen LogP contribution in [0.3, 0.4) is 0 Å². The summed E-state index contributed by atoms with van der Waals surface area (Å²) in [5, 5.41) is 3.45. The Morgan fingerprint density at radius 2 is 1.83 bits per heavy atom. The zero-order valence-electron chi connectivity index (χ0n) is 17.7. The van der Waals surface area contributed by atoms with Crippen LogP contribution in [-0.2, 0) is 16.1 Å². The van der Waals surface area contributed by atoms with E-state index in [1.54, 1.807) is 19.1 Å². The van der Waals surface area contributed by atoms with E-state index in [4.69, 9.17) is 16.3 Å². The van der Waals surface area contributed by atoms with Crippen molar-refractivity contribution >= 4 is 23.4 Å². The molecule has 1 unspecified atom stereocenters. The van der Waals surface area contributed by atoms with Gasteiger partial charge < -0.3 is 15.0 Å². The average molecular weight is 417 g/mol. The summed E-state index contributed by atoms with van der Waals surface area (Å²) >= 11 is 6.08. The highest BCUT2D eigenvalue weighted by atomic mass is 35.5. The monoisotopic (exact) mass is 416 g/mol. The first kappa shape index (κ1) is 22.8. The van der Waals surface area contributed by atoms with E-state index >= 15 is 0 Å². The molecule has 2 amide bonds. The van der Waals surface area contributed by atoms with E-state index in [1.807, 2.05) is 58.0 Å². The van der Waals surface area contributed by atoms with Crippen molar-refractivity contribution < 1.29 is 14.3 Å². The average Bonchev–Trinajstić information content (AvgIpc) is 2.65. The Bertz CT molecular complexity index is 867. The minimum absolute atomic E-state index is 0.0146. The van der Waals surface area contributed by atoms with Crippen LogP contribution in [0.15, 0.2) is 42.5 Å². The molecule has 0 aliphatic carbocycles. The SMILES string of the molecule is Cc1ccc(C)c(OCC(=O)N(Cc2cccc(Cl)c2)C(C)C(=O)NC(C)C)c1. The molecule has 0 saturated heterocycles. The number of rotatable bonds is 8. The van der Waals surface area contributed by atoms with Crippen molar-refractivity contribution in [2.24, 2.45) is 0 Å². The predicted molar refractivity (Wildman–Crippen MR) is 116 cm³/mol. The Morgan fingerprint density at radius 1 is 1.10 bits per heavy atom. The lowest BCUT2D eigenvalue weighted by molar-refractivity contribution is -0.142. The fraction of sp³-hybridized carbons (Fsp3) is 0.391. The van der Waals surface area contributed by atoms with E-state index < -0.39 is 6.04 Å². The summed E-state index contributed by atoms with van der Waals surface area (Å²) < 4.78 is 5.78. The van der Waals surface area contributed by atoms with E-state index in [1.165, 1.54) is 4.90 Å². The van der Waals surface area contributed by atoms with Crippen molar-refractivity contribution in [2.45, 2.75) is 53.2 Å². The lowest BCUT2D eigenvalue weighted by Crippen LogP contribution is -2.50. The minimum Gasteiger partial charge on any atom is -0.483 e. The molecule has 0 aromatic heterocycles. The highest BCUT2D eigenvalue weighted by Crippen LogP contribution is 2.20. The quantitative estimate of drug-likeness (QED) is 0.698. The molecule has 0 fully saturated rings. The van der Waals surface area contributed by atoms with Gasteiger partial charge in [-0.3, -0.25) is 9.59 Å². The molecule has 1 atom stereocenters. The zero-order chi connectivity index (χ0) is 21.6. The van der Waals surface area contributed by atoms with Crippen LogP contribution in [0.5, 0.6) is 5.75 Å². The maximum Gasteiger partial charge on any atom is 0.261 e. The first-order chi connectivity index (χ1) is 13.7. The highest BCUT2D eigenvalue weighted by Gasteiger charge is 2.27. The van der Waals surface area contributed by atoms with Gasteiger partial charge in [-0.25, -0.2) is 0 Å². The summed E-state index contributed by atoms with van der Waals surface area (Å²) in [4.78, 5) is 27.1. The van der Waals surface area contributed by atoms with Gasteiger partial charge in [0.25, 0.3) is 5.91 Å². The lowest BCUT2D eigenvalue weighted by atomic mass is 10.1. The maximum atomic E-state index is 13.0. The zero-order valence-corrected chi connectivity index (χ0v) is 18.4. The number of nitrogens with zero attached hydrogens (tertiary/aromatic N) is 1. The van der Waals surface area contributed by atoms with E-state index in [9.17, 15) is 9.59 Å².